The van der Waals surface area contributed by atoms with Crippen LogP contribution in [0.25, 0.3) is 0 Å². The molecule has 3 rings (SSSR count). The van der Waals surface area contributed by atoms with E-state index in [-0.39, 0.29) is 17.1 Å². The number of morpholine rings is 1. The summed E-state index contributed by atoms with van der Waals surface area (Å²) < 4.78 is 5.35. The molecular formula is C18H30N4O2S. The highest BCUT2D eigenvalue weighted by molar-refractivity contribution is 8.00. The Bertz CT molecular complexity index is 551. The monoisotopic (exact) mass is 366 g/mol. The highest BCUT2D eigenvalue weighted by Gasteiger charge is 2.30. The molecular weight excluding hydrogens is 336 g/mol. The lowest BCUT2D eigenvalue weighted by molar-refractivity contribution is -0.135. The van der Waals surface area contributed by atoms with E-state index in [2.05, 4.69) is 29.0 Å². The Morgan fingerprint density at radius 3 is 2.72 bits per heavy atom. The van der Waals surface area contributed by atoms with E-state index in [0.29, 0.717) is 31.5 Å². The Morgan fingerprint density at radius 2 is 2.04 bits per heavy atom. The summed E-state index contributed by atoms with van der Waals surface area (Å²) in [5, 5.41) is 7.96. The number of nitrogens with one attached hydrogen (secondary N) is 1. The number of aryl methyl sites for hydroxylation is 1. The van der Waals surface area contributed by atoms with Crippen LogP contribution in [0.1, 0.15) is 51.8 Å². The van der Waals surface area contributed by atoms with E-state index in [9.17, 15) is 4.79 Å². The molecule has 1 atom stereocenters. The van der Waals surface area contributed by atoms with Gasteiger partial charge in [-0.05, 0) is 18.3 Å². The summed E-state index contributed by atoms with van der Waals surface area (Å²) >= 11 is 1.49. The summed E-state index contributed by atoms with van der Waals surface area (Å²) in [6, 6.07) is 0. The van der Waals surface area contributed by atoms with Gasteiger partial charge >= 0.3 is 0 Å². The molecule has 0 spiro atoms. The zero-order valence-electron chi connectivity index (χ0n) is 15.4. The molecule has 1 amide bonds. The molecule has 1 N–H and O–H groups in total. The summed E-state index contributed by atoms with van der Waals surface area (Å²) in [5.74, 6) is 2.23. The maximum atomic E-state index is 12.8. The molecule has 6 nitrogen and oxygen atoms in total. The van der Waals surface area contributed by atoms with Gasteiger partial charge in [0.2, 0.25) is 11.1 Å². The van der Waals surface area contributed by atoms with Gasteiger partial charge in [-0.1, -0.05) is 51.3 Å². The van der Waals surface area contributed by atoms with Gasteiger partial charge in [0.1, 0.15) is 5.82 Å². The summed E-state index contributed by atoms with van der Waals surface area (Å²) in [4.78, 5) is 19.4. The normalized spacial score (nSPS) is 20.4. The molecule has 0 aromatic carbocycles. The maximum Gasteiger partial charge on any atom is 0.236 e. The Hall–Kier alpha value is -1.08. The third-order valence-corrected chi connectivity index (χ3v) is 6.57. The summed E-state index contributed by atoms with van der Waals surface area (Å²) in [6.45, 7) is 6.81. The van der Waals surface area contributed by atoms with Crippen molar-refractivity contribution in [1.82, 2.24) is 20.1 Å². The zero-order chi connectivity index (χ0) is 17.6. The zero-order valence-corrected chi connectivity index (χ0v) is 16.2. The highest BCUT2D eigenvalue weighted by Crippen LogP contribution is 2.30. The van der Waals surface area contributed by atoms with Crippen molar-refractivity contribution in [2.75, 3.05) is 26.3 Å². The fraction of sp³-hybridized carbons (Fsp3) is 0.833. The van der Waals surface area contributed by atoms with Gasteiger partial charge < -0.3 is 9.64 Å². The van der Waals surface area contributed by atoms with Crippen molar-refractivity contribution in [3.8, 4) is 0 Å². The van der Waals surface area contributed by atoms with E-state index in [1.807, 2.05) is 4.90 Å². The van der Waals surface area contributed by atoms with Gasteiger partial charge in [-0.25, -0.2) is 4.98 Å². The van der Waals surface area contributed by atoms with Gasteiger partial charge in [-0.2, -0.15) is 0 Å². The van der Waals surface area contributed by atoms with Crippen LogP contribution in [-0.4, -0.2) is 57.5 Å². The van der Waals surface area contributed by atoms with Gasteiger partial charge in [-0.15, -0.1) is 5.10 Å². The predicted molar refractivity (Wildman–Crippen MR) is 98.5 cm³/mol. The molecule has 0 bridgehead atoms. The van der Waals surface area contributed by atoms with Gasteiger partial charge in [0.05, 0.1) is 18.5 Å². The van der Waals surface area contributed by atoms with Crippen LogP contribution in [0, 0.1) is 11.8 Å². The third kappa shape index (κ3) is 5.20. The number of H-pyrrole nitrogens is 1. The molecule has 7 heteroatoms. The van der Waals surface area contributed by atoms with Crippen LogP contribution in [0.2, 0.25) is 0 Å². The number of hydrogen-bond acceptors (Lipinski definition) is 5. The van der Waals surface area contributed by atoms with Crippen LogP contribution in [0.3, 0.4) is 0 Å². The number of rotatable bonds is 7. The lowest BCUT2D eigenvalue weighted by Gasteiger charge is -2.31. The van der Waals surface area contributed by atoms with Gasteiger partial charge in [0.15, 0.2) is 0 Å². The molecule has 1 aromatic rings. The molecule has 140 valence electrons. The first-order chi connectivity index (χ1) is 12.1. The van der Waals surface area contributed by atoms with Crippen LogP contribution < -0.4 is 0 Å². The second-order valence-electron chi connectivity index (χ2n) is 7.47. The lowest BCUT2D eigenvalue weighted by Crippen LogP contribution is -2.46. The molecule has 1 aliphatic carbocycles. The molecule has 25 heavy (non-hydrogen) atoms. The predicted octanol–water partition coefficient (Wildman–Crippen LogP) is 2.90. The Balaban J connectivity index is 1.55. The fourth-order valence-corrected chi connectivity index (χ4v) is 4.64. The molecule has 1 saturated heterocycles. The third-order valence-electron chi connectivity index (χ3n) is 5.18. The van der Waals surface area contributed by atoms with Crippen molar-refractivity contribution < 1.29 is 9.53 Å². The van der Waals surface area contributed by atoms with E-state index in [1.165, 1.54) is 43.9 Å². The van der Waals surface area contributed by atoms with Crippen molar-refractivity contribution in [2.45, 2.75) is 62.8 Å². The molecule has 1 saturated carbocycles. The topological polar surface area (TPSA) is 71.1 Å². The number of thioether (sulfide) groups is 1. The number of aromatic amines is 1. The maximum absolute atomic E-state index is 12.8. The standard InChI is InChI=1S/C18H30N4O2S/c1-13(2)16(17(23)22-9-11-24-12-10-22)25-18-19-15(20-21-18)8-7-14-5-3-4-6-14/h13-14,16H,3-12H2,1-2H3,(H,19,20,21). The minimum atomic E-state index is -0.142. The number of carbonyl (C=O) groups excluding carboxylic acids is 1. The molecule has 2 heterocycles. The van der Waals surface area contributed by atoms with E-state index in [0.717, 1.165) is 18.2 Å². The summed E-state index contributed by atoms with van der Waals surface area (Å²) in [6.07, 6.45) is 7.63. The van der Waals surface area contributed by atoms with Crippen LogP contribution in [-0.2, 0) is 16.0 Å². The van der Waals surface area contributed by atoms with E-state index >= 15 is 0 Å². The van der Waals surface area contributed by atoms with E-state index in [4.69, 9.17) is 4.74 Å². The second-order valence-corrected chi connectivity index (χ2v) is 8.58. The number of carbonyl (C=O) groups is 1. The molecule has 1 unspecified atom stereocenters. The fourth-order valence-electron chi connectivity index (χ4n) is 3.63. The number of ether oxygens (including phenoxy) is 1. The molecule has 2 fully saturated rings. The Kier molecular flexibility index (Phi) is 6.76. The molecule has 0 radical (unpaired) electrons. The summed E-state index contributed by atoms with van der Waals surface area (Å²) in [5.41, 5.74) is 0. The van der Waals surface area contributed by atoms with Crippen molar-refractivity contribution >= 4 is 17.7 Å². The van der Waals surface area contributed by atoms with Crippen LogP contribution in [0.15, 0.2) is 5.16 Å². The van der Waals surface area contributed by atoms with Gasteiger partial charge in [-0.3, -0.25) is 9.89 Å². The first-order valence-corrected chi connectivity index (χ1v) is 10.5. The minimum Gasteiger partial charge on any atom is -0.378 e. The number of aromatic nitrogens is 3. The van der Waals surface area contributed by atoms with Crippen molar-refractivity contribution in [3.05, 3.63) is 5.82 Å². The quantitative estimate of drug-likeness (QED) is 0.751. The second kappa shape index (κ2) is 9.03. The molecule has 1 aliphatic heterocycles. The largest absolute Gasteiger partial charge is 0.378 e. The molecule has 1 aromatic heterocycles. The first-order valence-electron chi connectivity index (χ1n) is 9.58. The van der Waals surface area contributed by atoms with E-state index in [1.54, 1.807) is 0 Å². The Morgan fingerprint density at radius 1 is 1.32 bits per heavy atom. The number of amides is 1. The first kappa shape index (κ1) is 18.7. The van der Waals surface area contributed by atoms with Crippen molar-refractivity contribution in [1.29, 1.82) is 0 Å². The van der Waals surface area contributed by atoms with Crippen LogP contribution >= 0.6 is 11.8 Å². The SMILES string of the molecule is CC(C)C(Sc1n[nH]c(CCC2CCCC2)n1)C(=O)N1CCOCC1. The highest BCUT2D eigenvalue weighted by atomic mass is 32.2. The average molecular weight is 367 g/mol. The van der Waals surface area contributed by atoms with E-state index < -0.39 is 0 Å². The smallest absolute Gasteiger partial charge is 0.236 e. The summed E-state index contributed by atoms with van der Waals surface area (Å²) in [7, 11) is 0. The minimum absolute atomic E-state index is 0.142. The number of nitrogens with zero attached hydrogens (tertiary/aromatic N) is 3. The van der Waals surface area contributed by atoms with Gasteiger partial charge in [0, 0.05) is 19.5 Å². The van der Waals surface area contributed by atoms with Crippen LogP contribution in [0.4, 0.5) is 0 Å². The van der Waals surface area contributed by atoms with Crippen molar-refractivity contribution in [3.63, 3.8) is 0 Å². The number of hydrogen-bond donors (Lipinski definition) is 1. The average Bonchev–Trinajstić information content (AvgIpc) is 3.29. The van der Waals surface area contributed by atoms with Crippen molar-refractivity contribution in [2.24, 2.45) is 11.8 Å². The van der Waals surface area contributed by atoms with Gasteiger partial charge in [0.25, 0.3) is 0 Å². The molecule has 2 aliphatic rings. The Labute approximate surface area is 154 Å². The van der Waals surface area contributed by atoms with Crippen LogP contribution in [0.5, 0.6) is 0 Å². The lowest BCUT2D eigenvalue weighted by atomic mass is 10.0.